The highest BCUT2D eigenvalue weighted by atomic mass is 16.7. The normalized spacial score (nSPS) is 23.8. The van der Waals surface area contributed by atoms with Gasteiger partial charge in [-0.25, -0.2) is 0 Å². The van der Waals surface area contributed by atoms with Gasteiger partial charge in [-0.2, -0.15) is 0 Å². The first kappa shape index (κ1) is 27.9. The summed E-state index contributed by atoms with van der Waals surface area (Å²) in [5.74, 6) is -2.29. The molecule has 0 aromatic heterocycles. The number of aryl methyl sites for hydroxylation is 1. The van der Waals surface area contributed by atoms with E-state index in [9.17, 15) is 19.2 Å². The zero-order valence-electron chi connectivity index (χ0n) is 20.0. The fourth-order valence-corrected chi connectivity index (χ4v) is 3.03. The van der Waals surface area contributed by atoms with Gasteiger partial charge in [0.25, 0.3) is 0 Å². The van der Waals surface area contributed by atoms with Gasteiger partial charge in [-0.15, -0.1) is 0 Å². The molecule has 0 aliphatic carbocycles. The minimum Gasteiger partial charge on any atom is -0.463 e. The molecular weight excluding hydrogens is 436 g/mol. The second-order valence-corrected chi connectivity index (χ2v) is 7.00. The first-order valence-corrected chi connectivity index (χ1v) is 10.6. The minimum atomic E-state index is -1.27. The van der Waals surface area contributed by atoms with Crippen molar-refractivity contribution in [2.45, 2.75) is 79.2 Å². The van der Waals surface area contributed by atoms with Gasteiger partial charge in [0.15, 0.2) is 12.2 Å². The van der Waals surface area contributed by atoms with Gasteiger partial charge in [0.05, 0.1) is 0 Å². The van der Waals surface area contributed by atoms with Crippen LogP contribution in [0.5, 0.6) is 5.75 Å². The molecule has 0 bridgehead atoms. The van der Waals surface area contributed by atoms with E-state index >= 15 is 0 Å². The van der Waals surface area contributed by atoms with Gasteiger partial charge in [0, 0.05) is 27.7 Å². The third-order valence-corrected chi connectivity index (χ3v) is 4.22. The first-order valence-electron chi connectivity index (χ1n) is 10.6. The molecule has 1 aromatic rings. The summed E-state index contributed by atoms with van der Waals surface area (Å²) in [5.41, 5.74) is 0.994. The van der Waals surface area contributed by atoms with Crippen LogP contribution in [0.15, 0.2) is 24.3 Å². The average Bonchev–Trinajstić information content (AvgIpc) is 2.73. The molecule has 0 radical (unpaired) electrons. The number of rotatable bonds is 7. The lowest BCUT2D eigenvalue weighted by Gasteiger charge is -2.43. The average molecular weight is 468 g/mol. The Morgan fingerprint density at radius 1 is 0.758 bits per heavy atom. The van der Waals surface area contributed by atoms with Crippen LogP contribution in [0.25, 0.3) is 0 Å². The van der Waals surface area contributed by atoms with E-state index in [-0.39, 0.29) is 6.61 Å². The summed E-state index contributed by atoms with van der Waals surface area (Å²) in [7, 11) is 0. The molecule has 1 aliphatic rings. The molecular formula is C23H32O10. The van der Waals surface area contributed by atoms with Crippen molar-refractivity contribution in [3.05, 3.63) is 29.8 Å². The molecule has 33 heavy (non-hydrogen) atoms. The fraction of sp³-hybridized carbons (Fsp3) is 0.565. The molecule has 1 heterocycles. The molecule has 2 rings (SSSR count). The molecule has 0 spiro atoms. The van der Waals surface area contributed by atoms with E-state index in [2.05, 4.69) is 0 Å². The van der Waals surface area contributed by atoms with Gasteiger partial charge >= 0.3 is 23.9 Å². The van der Waals surface area contributed by atoms with E-state index in [4.69, 9.17) is 28.4 Å². The third kappa shape index (κ3) is 9.09. The van der Waals surface area contributed by atoms with Gasteiger partial charge < -0.3 is 28.4 Å². The van der Waals surface area contributed by atoms with Crippen molar-refractivity contribution in [1.82, 2.24) is 0 Å². The van der Waals surface area contributed by atoms with E-state index in [1.54, 1.807) is 24.3 Å². The molecule has 10 heteroatoms. The zero-order valence-corrected chi connectivity index (χ0v) is 20.0. The Morgan fingerprint density at radius 3 is 1.73 bits per heavy atom. The van der Waals surface area contributed by atoms with Crippen LogP contribution < -0.4 is 4.74 Å². The van der Waals surface area contributed by atoms with Crippen molar-refractivity contribution in [3.63, 3.8) is 0 Å². The zero-order chi connectivity index (χ0) is 25.1. The summed E-state index contributed by atoms with van der Waals surface area (Å²) < 4.78 is 32.7. The Balaban J connectivity index is 0.00000265. The summed E-state index contributed by atoms with van der Waals surface area (Å²) in [6.45, 7) is 10.3. The standard InChI is InChI=1S/C21H26O10.C2H6/c1-11-6-8-16(9-7-11)30-21-20(29-15(5)25)19(28-14(4)24)18(27-13(3)23)17(31-21)10-26-12(2)22;1-2/h6-9,17-21H,10H2,1-5H3;1-2H3. The van der Waals surface area contributed by atoms with Crippen molar-refractivity contribution in [3.8, 4) is 5.75 Å². The number of carbonyl (C=O) groups excluding carboxylic acids is 4. The van der Waals surface area contributed by atoms with E-state index in [0.29, 0.717) is 5.75 Å². The van der Waals surface area contributed by atoms with E-state index in [1.165, 1.54) is 13.8 Å². The van der Waals surface area contributed by atoms with Crippen LogP contribution >= 0.6 is 0 Å². The van der Waals surface area contributed by atoms with Crippen LogP contribution in [0.3, 0.4) is 0 Å². The monoisotopic (exact) mass is 468 g/mol. The van der Waals surface area contributed by atoms with Crippen LogP contribution in [-0.4, -0.2) is 61.2 Å². The molecule has 5 atom stereocenters. The molecule has 1 aliphatic heterocycles. The quantitative estimate of drug-likeness (QED) is 0.435. The van der Waals surface area contributed by atoms with Crippen molar-refractivity contribution < 1.29 is 47.6 Å². The SMILES string of the molecule is CC.CC(=O)OCC1OC(Oc2ccc(C)cc2)C(OC(C)=O)C(OC(C)=O)C1OC(C)=O. The molecule has 184 valence electrons. The highest BCUT2D eigenvalue weighted by Gasteiger charge is 2.53. The molecule has 1 aromatic carbocycles. The van der Waals surface area contributed by atoms with Gasteiger partial charge in [0.1, 0.15) is 18.5 Å². The molecule has 0 saturated carbocycles. The first-order chi connectivity index (χ1) is 15.6. The predicted molar refractivity (Wildman–Crippen MR) is 115 cm³/mol. The maximum absolute atomic E-state index is 11.8. The number of hydrogen-bond acceptors (Lipinski definition) is 10. The Hall–Kier alpha value is -3.14. The lowest BCUT2D eigenvalue weighted by Crippen LogP contribution is -2.63. The number of benzene rings is 1. The minimum absolute atomic E-state index is 0.314. The molecule has 0 amide bonds. The van der Waals surface area contributed by atoms with Crippen LogP contribution in [0, 0.1) is 6.92 Å². The van der Waals surface area contributed by atoms with Crippen molar-refractivity contribution in [2.24, 2.45) is 0 Å². The van der Waals surface area contributed by atoms with Gasteiger partial charge in [0.2, 0.25) is 12.4 Å². The van der Waals surface area contributed by atoms with Crippen molar-refractivity contribution in [1.29, 1.82) is 0 Å². The fourth-order valence-electron chi connectivity index (χ4n) is 3.03. The van der Waals surface area contributed by atoms with Crippen molar-refractivity contribution >= 4 is 23.9 Å². The largest absolute Gasteiger partial charge is 0.463 e. The summed E-state index contributed by atoms with van der Waals surface area (Å²) >= 11 is 0. The number of ether oxygens (including phenoxy) is 6. The Labute approximate surface area is 193 Å². The third-order valence-electron chi connectivity index (χ3n) is 4.22. The molecule has 1 saturated heterocycles. The van der Waals surface area contributed by atoms with Gasteiger partial charge in [-0.3, -0.25) is 19.2 Å². The molecule has 10 nitrogen and oxygen atoms in total. The van der Waals surface area contributed by atoms with Crippen LogP contribution in [0.1, 0.15) is 47.1 Å². The predicted octanol–water partition coefficient (Wildman–Crippen LogP) is 2.48. The van der Waals surface area contributed by atoms with Crippen LogP contribution in [0.2, 0.25) is 0 Å². The molecule has 1 fully saturated rings. The maximum Gasteiger partial charge on any atom is 0.303 e. The molecule has 0 N–H and O–H groups in total. The van der Waals surface area contributed by atoms with Crippen molar-refractivity contribution in [2.75, 3.05) is 6.61 Å². The number of esters is 4. The van der Waals surface area contributed by atoms with E-state index < -0.39 is 54.6 Å². The number of hydrogen-bond donors (Lipinski definition) is 0. The summed E-state index contributed by atoms with van der Waals surface area (Å²) in [6.07, 6.45) is -6.05. The molecule has 5 unspecified atom stereocenters. The summed E-state index contributed by atoms with van der Waals surface area (Å²) in [6, 6.07) is 6.98. The maximum atomic E-state index is 11.8. The van der Waals surface area contributed by atoms with Gasteiger partial charge in [-0.1, -0.05) is 31.5 Å². The number of carbonyl (C=O) groups is 4. The Morgan fingerprint density at radius 2 is 1.24 bits per heavy atom. The highest BCUT2D eigenvalue weighted by Crippen LogP contribution is 2.31. The van der Waals surface area contributed by atoms with Gasteiger partial charge in [-0.05, 0) is 19.1 Å². The van der Waals surface area contributed by atoms with Crippen LogP contribution in [-0.2, 0) is 42.9 Å². The highest BCUT2D eigenvalue weighted by molar-refractivity contribution is 5.68. The second-order valence-electron chi connectivity index (χ2n) is 7.00. The lowest BCUT2D eigenvalue weighted by atomic mass is 9.98. The summed E-state index contributed by atoms with van der Waals surface area (Å²) in [5, 5.41) is 0. The van der Waals surface area contributed by atoms with E-state index in [0.717, 1.165) is 19.4 Å². The van der Waals surface area contributed by atoms with Crippen LogP contribution in [0.4, 0.5) is 0 Å². The Bertz CT molecular complexity index is 804. The Kier molecular flexibility index (Phi) is 11.3. The smallest absolute Gasteiger partial charge is 0.303 e. The summed E-state index contributed by atoms with van der Waals surface area (Å²) in [4.78, 5) is 46.6. The lowest BCUT2D eigenvalue weighted by molar-refractivity contribution is -0.288. The van der Waals surface area contributed by atoms with E-state index in [1.807, 2.05) is 20.8 Å². The second kappa shape index (κ2) is 13.4. The topological polar surface area (TPSA) is 124 Å².